The van der Waals surface area contributed by atoms with Crippen LogP contribution in [0.1, 0.15) is 11.1 Å². The molecule has 3 heterocycles. The molecule has 0 aliphatic carbocycles. The second kappa shape index (κ2) is 10.1. The van der Waals surface area contributed by atoms with Gasteiger partial charge in [-0.1, -0.05) is 109 Å². The molecule has 0 amide bonds. The molecular weight excluding hydrogens is 547 g/mol. The summed E-state index contributed by atoms with van der Waals surface area (Å²) in [5.41, 5.74) is 7.63. The number of nitrogens with zero attached hydrogens (tertiary/aromatic N) is 2. The summed E-state index contributed by atoms with van der Waals surface area (Å²) in [5.74, 6) is 0.822. The Kier molecular flexibility index (Phi) is 5.94. The number of pyridine rings is 1. The third-order valence-corrected chi connectivity index (χ3v) is 8.80. The Morgan fingerprint density at radius 2 is 1.19 bits per heavy atom. The summed E-state index contributed by atoms with van der Waals surface area (Å²) in [6.45, 7) is 0. The fraction of sp³-hybridized carbons (Fsp3) is 0. The minimum absolute atomic E-state index is 0.335. The molecular formula is C37H25N5S. The van der Waals surface area contributed by atoms with Crippen LogP contribution in [0.5, 0.6) is 0 Å². The third-order valence-electron chi connectivity index (χ3n) is 7.95. The Bertz CT molecular complexity index is 2360. The van der Waals surface area contributed by atoms with Crippen LogP contribution in [0.25, 0.3) is 60.7 Å². The number of aromatic amines is 1. The van der Waals surface area contributed by atoms with Crippen LogP contribution in [0.4, 0.5) is 0 Å². The van der Waals surface area contributed by atoms with Gasteiger partial charge in [-0.3, -0.25) is 15.4 Å². The summed E-state index contributed by atoms with van der Waals surface area (Å²) >= 11 is 1.19. The average Bonchev–Trinajstić information content (AvgIpc) is 3.61. The van der Waals surface area contributed by atoms with Crippen LogP contribution in [0.15, 0.2) is 133 Å². The lowest BCUT2D eigenvalue weighted by molar-refractivity contribution is 1.08. The van der Waals surface area contributed by atoms with Gasteiger partial charge < -0.3 is 4.98 Å². The summed E-state index contributed by atoms with van der Waals surface area (Å²) in [5, 5.41) is 23.2. The minimum atomic E-state index is 0.335. The van der Waals surface area contributed by atoms with Gasteiger partial charge in [-0.15, -0.1) is 0 Å². The lowest BCUT2D eigenvalue weighted by Crippen LogP contribution is -2.03. The second-order valence-corrected chi connectivity index (χ2v) is 11.5. The molecule has 6 heteroatoms. The highest BCUT2D eigenvalue weighted by Gasteiger charge is 2.20. The van der Waals surface area contributed by atoms with Gasteiger partial charge in [0.15, 0.2) is 0 Å². The molecule has 0 bridgehead atoms. The maximum Gasteiger partial charge on any atom is 0.138 e. The van der Waals surface area contributed by atoms with Crippen LogP contribution in [-0.2, 0) is 0 Å². The topological polar surface area (TPSA) is 81.3 Å². The molecule has 5 nitrogen and oxygen atoms in total. The summed E-state index contributed by atoms with van der Waals surface area (Å²) < 4.78 is 2.18. The van der Waals surface area contributed by atoms with E-state index in [0.29, 0.717) is 10.1 Å². The van der Waals surface area contributed by atoms with E-state index >= 15 is 0 Å². The number of benzene rings is 5. The predicted octanol–water partition coefficient (Wildman–Crippen LogP) is 9.56. The number of fused-ring (bicyclic) bond motifs is 6. The monoisotopic (exact) mass is 571 g/mol. The molecule has 0 saturated carbocycles. The largest absolute Gasteiger partial charge is 0.354 e. The molecule has 0 radical (unpaired) electrons. The molecule has 0 saturated heterocycles. The fourth-order valence-electron chi connectivity index (χ4n) is 6.08. The molecule has 0 unspecified atom stereocenters. The van der Waals surface area contributed by atoms with E-state index in [-0.39, 0.29) is 0 Å². The van der Waals surface area contributed by atoms with E-state index in [1.54, 1.807) is 0 Å². The molecule has 8 aromatic rings. The zero-order valence-electron chi connectivity index (χ0n) is 23.0. The van der Waals surface area contributed by atoms with Gasteiger partial charge in [-0.2, -0.15) is 0 Å². The quantitative estimate of drug-likeness (QED) is 0.145. The Morgan fingerprint density at radius 3 is 2.02 bits per heavy atom. The van der Waals surface area contributed by atoms with E-state index in [4.69, 9.17) is 10.4 Å². The first kappa shape index (κ1) is 25.3. The van der Waals surface area contributed by atoms with Gasteiger partial charge >= 0.3 is 0 Å². The maximum atomic E-state index is 9.25. The zero-order chi connectivity index (χ0) is 28.9. The lowest BCUT2D eigenvalue weighted by Gasteiger charge is -2.11. The van der Waals surface area contributed by atoms with Gasteiger partial charge in [0.25, 0.3) is 0 Å². The molecule has 3 aromatic heterocycles. The second-order valence-electron chi connectivity index (χ2n) is 10.5. The molecule has 43 heavy (non-hydrogen) atoms. The molecule has 3 N–H and O–H groups in total. The first-order chi connectivity index (χ1) is 21.2. The molecule has 0 aliphatic rings. The Hall–Kier alpha value is -5.46. The number of nitrogens with one attached hydrogen (secondary N) is 3. The summed E-state index contributed by atoms with van der Waals surface area (Å²) in [6.07, 6.45) is 0. The molecule has 0 fully saturated rings. The van der Waals surface area contributed by atoms with Crippen molar-refractivity contribution in [1.82, 2.24) is 14.5 Å². The lowest BCUT2D eigenvalue weighted by atomic mass is 10.1. The van der Waals surface area contributed by atoms with Gasteiger partial charge in [-0.05, 0) is 36.4 Å². The number of hydrogen-bond acceptors (Lipinski definition) is 4. The van der Waals surface area contributed by atoms with Crippen molar-refractivity contribution in [3.05, 3.63) is 145 Å². The first-order valence-electron chi connectivity index (χ1n) is 14.1. The molecule has 0 atom stereocenters. The number of H-pyrrole nitrogens is 1. The van der Waals surface area contributed by atoms with Crippen LogP contribution >= 0.6 is 11.8 Å². The number of aromatic nitrogens is 3. The van der Waals surface area contributed by atoms with E-state index in [1.807, 2.05) is 91.0 Å². The molecule has 204 valence electrons. The van der Waals surface area contributed by atoms with Gasteiger partial charge in [0.2, 0.25) is 0 Å². The van der Waals surface area contributed by atoms with Crippen molar-refractivity contribution < 1.29 is 0 Å². The standard InChI is InChI=1S/C37H25N5S/c38-36(26-15-8-19-30-34(26)24-13-4-6-17-29(24)40-30)43-37(39)27-16-9-21-32-35(27)25-14-5-7-20-31(25)42(32)33-22-10-18-28(41-33)23-11-2-1-3-12-23/h1-22,38-40H. The fourth-order valence-corrected chi connectivity index (χ4v) is 6.84. The van der Waals surface area contributed by atoms with Crippen molar-refractivity contribution in [1.29, 1.82) is 10.8 Å². The van der Waals surface area contributed by atoms with E-state index < -0.39 is 0 Å². The highest BCUT2D eigenvalue weighted by molar-refractivity contribution is 8.27. The van der Waals surface area contributed by atoms with Crippen molar-refractivity contribution >= 4 is 65.5 Å². The average molecular weight is 572 g/mol. The Morgan fingerprint density at radius 1 is 0.558 bits per heavy atom. The number of hydrogen-bond donors (Lipinski definition) is 3. The van der Waals surface area contributed by atoms with Crippen molar-refractivity contribution in [2.45, 2.75) is 0 Å². The van der Waals surface area contributed by atoms with E-state index in [0.717, 1.165) is 71.8 Å². The van der Waals surface area contributed by atoms with Gasteiger partial charge in [0.05, 0.1) is 16.7 Å². The molecule has 8 rings (SSSR count). The first-order valence-corrected chi connectivity index (χ1v) is 14.9. The number of thioether (sulfide) groups is 1. The van der Waals surface area contributed by atoms with E-state index in [9.17, 15) is 5.41 Å². The number of para-hydroxylation sites is 2. The van der Waals surface area contributed by atoms with Crippen LogP contribution in [0, 0.1) is 10.8 Å². The third kappa shape index (κ3) is 4.15. The van der Waals surface area contributed by atoms with Crippen molar-refractivity contribution in [3.8, 4) is 17.1 Å². The van der Waals surface area contributed by atoms with Crippen LogP contribution in [-0.4, -0.2) is 24.6 Å². The molecule has 0 spiro atoms. The minimum Gasteiger partial charge on any atom is -0.354 e. The zero-order valence-corrected chi connectivity index (χ0v) is 23.8. The van der Waals surface area contributed by atoms with Gasteiger partial charge in [0, 0.05) is 49.3 Å². The van der Waals surface area contributed by atoms with Crippen LogP contribution < -0.4 is 0 Å². The highest BCUT2D eigenvalue weighted by atomic mass is 32.2. The van der Waals surface area contributed by atoms with Crippen molar-refractivity contribution in [3.63, 3.8) is 0 Å². The Balaban J connectivity index is 1.24. The predicted molar refractivity (Wildman–Crippen MR) is 181 cm³/mol. The van der Waals surface area contributed by atoms with Crippen LogP contribution in [0.3, 0.4) is 0 Å². The van der Waals surface area contributed by atoms with Gasteiger partial charge in [-0.25, -0.2) is 4.98 Å². The van der Waals surface area contributed by atoms with Crippen LogP contribution in [0.2, 0.25) is 0 Å². The maximum absolute atomic E-state index is 9.25. The Labute approximate surface area is 251 Å². The van der Waals surface area contributed by atoms with E-state index in [2.05, 4.69) is 52.0 Å². The number of rotatable bonds is 4. The molecule has 0 aliphatic heterocycles. The smallest absolute Gasteiger partial charge is 0.138 e. The summed E-state index contributed by atoms with van der Waals surface area (Å²) in [4.78, 5) is 8.53. The van der Waals surface area contributed by atoms with Crippen molar-refractivity contribution in [2.24, 2.45) is 0 Å². The molecule has 5 aromatic carbocycles. The van der Waals surface area contributed by atoms with Gasteiger partial charge in [0.1, 0.15) is 15.9 Å². The normalized spacial score (nSPS) is 11.5. The van der Waals surface area contributed by atoms with Crippen molar-refractivity contribution in [2.75, 3.05) is 0 Å². The SMILES string of the molecule is N=C(SC(=N)c1cccc2c1c1ccccc1n2-c1cccc(-c2ccccc2)n1)c1cccc2[nH]c3ccccc3c12. The highest BCUT2D eigenvalue weighted by Crippen LogP contribution is 2.37. The summed E-state index contributed by atoms with van der Waals surface area (Å²) in [7, 11) is 0. The van der Waals surface area contributed by atoms with E-state index in [1.165, 1.54) is 11.8 Å². The summed E-state index contributed by atoms with van der Waals surface area (Å²) in [6, 6.07) is 44.8.